The number of methoxy groups -OCH3 is 1. The summed E-state index contributed by atoms with van der Waals surface area (Å²) in [5.74, 6) is 1.47. The van der Waals surface area contributed by atoms with Gasteiger partial charge in [0.15, 0.2) is 11.5 Å². The Bertz CT molecular complexity index is 1120. The highest BCUT2D eigenvalue weighted by molar-refractivity contribution is 6.08. The number of aromatic nitrogens is 1. The predicted molar refractivity (Wildman–Crippen MR) is 124 cm³/mol. The van der Waals surface area contributed by atoms with Crippen molar-refractivity contribution in [3.05, 3.63) is 72.3 Å². The quantitative estimate of drug-likeness (QED) is 0.308. The maximum absolute atomic E-state index is 5.98. The molecule has 5 heteroatoms. The van der Waals surface area contributed by atoms with Crippen LogP contribution in [0.15, 0.2) is 71.8 Å². The Morgan fingerprint density at radius 1 is 0.900 bits per heavy atom. The van der Waals surface area contributed by atoms with E-state index in [1.54, 1.807) is 7.11 Å². The lowest BCUT2D eigenvalue weighted by Gasteiger charge is -2.13. The summed E-state index contributed by atoms with van der Waals surface area (Å²) in [6, 6.07) is 22.6. The first-order chi connectivity index (χ1) is 14.7. The Morgan fingerprint density at radius 2 is 1.57 bits per heavy atom. The van der Waals surface area contributed by atoms with Crippen LogP contribution in [0.25, 0.3) is 21.8 Å². The second kappa shape index (κ2) is 9.01. The van der Waals surface area contributed by atoms with Gasteiger partial charge in [0.2, 0.25) is 0 Å². The molecule has 0 spiro atoms. The van der Waals surface area contributed by atoms with Crippen LogP contribution >= 0.6 is 0 Å². The molecule has 0 atom stereocenters. The maximum Gasteiger partial charge on any atom is 0.161 e. The predicted octanol–water partition coefficient (Wildman–Crippen LogP) is 5.02. The molecule has 0 N–H and O–H groups in total. The molecule has 4 aromatic rings. The van der Waals surface area contributed by atoms with E-state index >= 15 is 0 Å². The Balaban J connectivity index is 1.63. The van der Waals surface area contributed by atoms with E-state index in [1.165, 1.54) is 10.8 Å². The van der Waals surface area contributed by atoms with Crippen molar-refractivity contribution in [1.29, 1.82) is 0 Å². The molecule has 4 rings (SSSR count). The summed E-state index contributed by atoms with van der Waals surface area (Å²) in [7, 11) is 5.78. The van der Waals surface area contributed by atoms with Crippen LogP contribution in [0.1, 0.15) is 12.0 Å². The van der Waals surface area contributed by atoms with Gasteiger partial charge in [-0.25, -0.2) is 4.68 Å². The van der Waals surface area contributed by atoms with Gasteiger partial charge in [0.25, 0.3) is 0 Å². The number of para-hydroxylation sites is 2. The molecule has 1 aromatic heterocycles. The molecular formula is C25H27N3O2. The number of hydrogen-bond donors (Lipinski definition) is 0. The van der Waals surface area contributed by atoms with Crippen molar-refractivity contribution in [1.82, 2.24) is 9.58 Å². The fourth-order valence-corrected chi connectivity index (χ4v) is 3.60. The number of rotatable bonds is 8. The Labute approximate surface area is 177 Å². The van der Waals surface area contributed by atoms with Crippen LogP contribution in [-0.4, -0.2) is 50.1 Å². The fraction of sp³-hybridized carbons (Fsp3) is 0.240. The van der Waals surface area contributed by atoms with Crippen LogP contribution in [0.5, 0.6) is 11.5 Å². The molecule has 1 heterocycles. The number of nitrogens with zero attached hydrogens (tertiary/aromatic N) is 3. The summed E-state index contributed by atoms with van der Waals surface area (Å²) >= 11 is 0. The second-order valence-electron chi connectivity index (χ2n) is 7.51. The summed E-state index contributed by atoms with van der Waals surface area (Å²) in [6.45, 7) is 1.62. The molecule has 0 aliphatic heterocycles. The van der Waals surface area contributed by atoms with E-state index < -0.39 is 0 Å². The zero-order valence-electron chi connectivity index (χ0n) is 17.7. The molecular weight excluding hydrogens is 374 g/mol. The van der Waals surface area contributed by atoms with Crippen molar-refractivity contribution in [3.63, 3.8) is 0 Å². The van der Waals surface area contributed by atoms with E-state index in [2.05, 4.69) is 55.4 Å². The third-order valence-electron chi connectivity index (χ3n) is 5.07. The van der Waals surface area contributed by atoms with Crippen LogP contribution in [0.3, 0.4) is 0 Å². The first-order valence-corrected chi connectivity index (χ1v) is 10.2. The highest BCUT2D eigenvalue weighted by Gasteiger charge is 2.09. The molecule has 0 radical (unpaired) electrons. The summed E-state index contributed by atoms with van der Waals surface area (Å²) in [4.78, 5) is 2.15. The van der Waals surface area contributed by atoms with Gasteiger partial charge in [0, 0.05) is 17.3 Å². The normalized spacial score (nSPS) is 11.7. The monoisotopic (exact) mass is 401 g/mol. The first kappa shape index (κ1) is 20.0. The lowest BCUT2D eigenvalue weighted by molar-refractivity contribution is 0.268. The molecule has 0 bridgehead atoms. The largest absolute Gasteiger partial charge is 0.493 e. The third kappa shape index (κ3) is 4.16. The van der Waals surface area contributed by atoms with Crippen molar-refractivity contribution in [2.45, 2.75) is 6.42 Å². The summed E-state index contributed by atoms with van der Waals surface area (Å²) in [5, 5.41) is 7.20. The zero-order valence-corrected chi connectivity index (χ0v) is 17.7. The number of ether oxygens (including phenoxy) is 2. The van der Waals surface area contributed by atoms with Crippen molar-refractivity contribution in [2.24, 2.45) is 5.10 Å². The van der Waals surface area contributed by atoms with Gasteiger partial charge >= 0.3 is 0 Å². The molecule has 0 unspecified atom stereocenters. The molecule has 3 aromatic carbocycles. The van der Waals surface area contributed by atoms with E-state index in [1.807, 2.05) is 41.2 Å². The standard InChI is InChI=1S/C25H27N3O2/c1-27(2)15-8-16-30-25-17-19(13-14-24(25)29-3)18-26-28-22-11-6-4-9-20(22)21-10-5-7-12-23(21)28/h4-7,9-14,17-18H,8,15-16H2,1-3H3/b26-18-. The van der Waals surface area contributed by atoms with E-state index in [4.69, 9.17) is 14.6 Å². The van der Waals surface area contributed by atoms with Gasteiger partial charge in [-0.05, 0) is 56.4 Å². The van der Waals surface area contributed by atoms with E-state index in [-0.39, 0.29) is 0 Å². The molecule has 154 valence electrons. The van der Waals surface area contributed by atoms with Crippen LogP contribution in [0.4, 0.5) is 0 Å². The highest BCUT2D eigenvalue weighted by atomic mass is 16.5. The molecule has 0 saturated carbocycles. The number of fused-ring (bicyclic) bond motifs is 3. The molecule has 0 saturated heterocycles. The molecule has 0 amide bonds. The van der Waals surface area contributed by atoms with Crippen molar-refractivity contribution < 1.29 is 9.47 Å². The van der Waals surface area contributed by atoms with Crippen LogP contribution in [0.2, 0.25) is 0 Å². The smallest absolute Gasteiger partial charge is 0.161 e. The summed E-state index contributed by atoms with van der Waals surface area (Å²) < 4.78 is 13.4. The second-order valence-corrected chi connectivity index (χ2v) is 7.51. The van der Waals surface area contributed by atoms with Crippen molar-refractivity contribution in [2.75, 3.05) is 34.4 Å². The molecule has 30 heavy (non-hydrogen) atoms. The molecule has 0 aliphatic carbocycles. The van der Waals surface area contributed by atoms with Crippen molar-refractivity contribution >= 4 is 28.0 Å². The molecule has 5 nitrogen and oxygen atoms in total. The number of hydrogen-bond acceptors (Lipinski definition) is 4. The van der Waals surface area contributed by atoms with Gasteiger partial charge in [-0.3, -0.25) is 0 Å². The van der Waals surface area contributed by atoms with Crippen molar-refractivity contribution in [3.8, 4) is 11.5 Å². The lowest BCUT2D eigenvalue weighted by Crippen LogP contribution is -2.15. The lowest BCUT2D eigenvalue weighted by atomic mass is 10.2. The van der Waals surface area contributed by atoms with Gasteiger partial charge in [-0.1, -0.05) is 36.4 Å². The molecule has 0 aliphatic rings. The Morgan fingerprint density at radius 3 is 2.20 bits per heavy atom. The Kier molecular flexibility index (Phi) is 6.00. The van der Waals surface area contributed by atoms with Gasteiger partial charge in [-0.2, -0.15) is 5.10 Å². The maximum atomic E-state index is 5.98. The van der Waals surface area contributed by atoms with Crippen LogP contribution in [0, 0.1) is 0 Å². The fourth-order valence-electron chi connectivity index (χ4n) is 3.60. The van der Waals surface area contributed by atoms with Crippen LogP contribution < -0.4 is 9.47 Å². The first-order valence-electron chi connectivity index (χ1n) is 10.2. The van der Waals surface area contributed by atoms with Crippen LogP contribution in [-0.2, 0) is 0 Å². The summed E-state index contributed by atoms with van der Waals surface area (Å²) in [5.41, 5.74) is 3.13. The minimum Gasteiger partial charge on any atom is -0.493 e. The van der Waals surface area contributed by atoms with Gasteiger partial charge in [0.05, 0.1) is 31.0 Å². The summed E-state index contributed by atoms with van der Waals surface area (Å²) in [6.07, 6.45) is 2.82. The highest BCUT2D eigenvalue weighted by Crippen LogP contribution is 2.30. The Hall–Kier alpha value is -3.31. The van der Waals surface area contributed by atoms with Gasteiger partial charge in [0.1, 0.15) is 0 Å². The van der Waals surface area contributed by atoms with E-state index in [0.717, 1.165) is 41.1 Å². The SMILES string of the molecule is COc1ccc(/C=N\n2c3ccccc3c3ccccc32)cc1OCCCN(C)C. The molecule has 0 fully saturated rings. The minimum absolute atomic E-state index is 0.641. The average molecular weight is 402 g/mol. The minimum atomic E-state index is 0.641. The number of benzene rings is 3. The average Bonchev–Trinajstić information content (AvgIpc) is 3.09. The zero-order chi connectivity index (χ0) is 20.9. The van der Waals surface area contributed by atoms with E-state index in [0.29, 0.717) is 6.61 Å². The topological polar surface area (TPSA) is 39.0 Å². The van der Waals surface area contributed by atoms with E-state index in [9.17, 15) is 0 Å². The van der Waals surface area contributed by atoms with Gasteiger partial charge < -0.3 is 14.4 Å². The third-order valence-corrected chi connectivity index (χ3v) is 5.07. The van der Waals surface area contributed by atoms with Gasteiger partial charge in [-0.15, -0.1) is 0 Å².